The number of nitrogens with two attached hydrogens (primary N) is 1. The summed E-state index contributed by atoms with van der Waals surface area (Å²) >= 11 is 6.00. The zero-order valence-corrected chi connectivity index (χ0v) is 9.04. The lowest BCUT2D eigenvalue weighted by Crippen LogP contribution is -2.18. The lowest BCUT2D eigenvalue weighted by atomic mass is 10.00. The van der Waals surface area contributed by atoms with E-state index in [9.17, 15) is 0 Å². The molecule has 0 bridgehead atoms. The van der Waals surface area contributed by atoms with Gasteiger partial charge in [-0.1, -0.05) is 18.5 Å². The summed E-state index contributed by atoms with van der Waals surface area (Å²) in [6.07, 6.45) is 2.60. The van der Waals surface area contributed by atoms with E-state index in [4.69, 9.17) is 17.3 Å². The third-order valence-electron chi connectivity index (χ3n) is 2.13. The summed E-state index contributed by atoms with van der Waals surface area (Å²) in [6, 6.07) is 0.195. The molecule has 2 N–H and O–H groups in total. The summed E-state index contributed by atoms with van der Waals surface area (Å²) in [4.78, 5) is 0. The van der Waals surface area contributed by atoms with Gasteiger partial charge in [0.05, 0.1) is 16.9 Å². The lowest BCUT2D eigenvalue weighted by Gasteiger charge is -2.14. The molecule has 0 radical (unpaired) electrons. The Balaban J connectivity index is 2.81. The zero-order chi connectivity index (χ0) is 10.0. The SMILES string of the molecule is CC(N)CC(C)c1c(Cl)cnn1C. The fourth-order valence-corrected chi connectivity index (χ4v) is 2.00. The molecule has 0 fully saturated rings. The third kappa shape index (κ3) is 2.45. The highest BCUT2D eigenvalue weighted by molar-refractivity contribution is 6.31. The molecule has 0 amide bonds. The van der Waals surface area contributed by atoms with E-state index in [-0.39, 0.29) is 6.04 Å². The first-order chi connectivity index (χ1) is 6.02. The van der Waals surface area contributed by atoms with Crippen LogP contribution in [-0.4, -0.2) is 15.8 Å². The smallest absolute Gasteiger partial charge is 0.0820 e. The van der Waals surface area contributed by atoms with Crippen molar-refractivity contribution in [2.24, 2.45) is 12.8 Å². The number of aromatic nitrogens is 2. The first kappa shape index (κ1) is 10.5. The van der Waals surface area contributed by atoms with E-state index in [1.54, 1.807) is 6.20 Å². The van der Waals surface area contributed by atoms with Crippen LogP contribution in [0.4, 0.5) is 0 Å². The second-order valence-electron chi connectivity index (χ2n) is 3.62. The van der Waals surface area contributed by atoms with Gasteiger partial charge in [-0.15, -0.1) is 0 Å². The normalized spacial score (nSPS) is 15.8. The number of hydrogen-bond acceptors (Lipinski definition) is 2. The fourth-order valence-electron chi connectivity index (χ4n) is 1.64. The maximum Gasteiger partial charge on any atom is 0.0820 e. The summed E-state index contributed by atoms with van der Waals surface area (Å²) in [5.41, 5.74) is 6.80. The molecule has 13 heavy (non-hydrogen) atoms. The van der Waals surface area contributed by atoms with E-state index in [0.717, 1.165) is 17.1 Å². The number of aryl methyl sites for hydroxylation is 1. The highest BCUT2D eigenvalue weighted by Crippen LogP contribution is 2.26. The summed E-state index contributed by atoms with van der Waals surface area (Å²) < 4.78 is 1.81. The Morgan fingerprint density at radius 1 is 1.62 bits per heavy atom. The van der Waals surface area contributed by atoms with Crippen LogP contribution in [0.2, 0.25) is 5.02 Å². The van der Waals surface area contributed by atoms with Gasteiger partial charge >= 0.3 is 0 Å². The highest BCUT2D eigenvalue weighted by Gasteiger charge is 2.15. The molecule has 1 rings (SSSR count). The van der Waals surface area contributed by atoms with Crippen LogP contribution in [0.25, 0.3) is 0 Å². The monoisotopic (exact) mass is 201 g/mol. The Labute approximate surface area is 83.9 Å². The molecule has 2 atom stereocenters. The van der Waals surface area contributed by atoms with Crippen molar-refractivity contribution in [3.8, 4) is 0 Å². The molecule has 0 aliphatic rings. The molecule has 0 aromatic carbocycles. The van der Waals surface area contributed by atoms with Gasteiger partial charge in [0.25, 0.3) is 0 Å². The van der Waals surface area contributed by atoms with Gasteiger partial charge < -0.3 is 5.73 Å². The van der Waals surface area contributed by atoms with Gasteiger partial charge in [-0.25, -0.2) is 0 Å². The van der Waals surface area contributed by atoms with Crippen LogP contribution in [0.5, 0.6) is 0 Å². The van der Waals surface area contributed by atoms with E-state index in [0.29, 0.717) is 5.92 Å². The van der Waals surface area contributed by atoms with Crippen molar-refractivity contribution in [1.82, 2.24) is 9.78 Å². The molecule has 2 unspecified atom stereocenters. The molecule has 0 spiro atoms. The average molecular weight is 202 g/mol. The molecule has 3 nitrogen and oxygen atoms in total. The van der Waals surface area contributed by atoms with Crippen molar-refractivity contribution < 1.29 is 0 Å². The number of halogens is 1. The van der Waals surface area contributed by atoms with Gasteiger partial charge in [-0.2, -0.15) is 5.10 Å². The van der Waals surface area contributed by atoms with Crippen molar-refractivity contribution in [1.29, 1.82) is 0 Å². The Bertz CT molecular complexity index is 261. The molecular formula is C9H16ClN3. The van der Waals surface area contributed by atoms with Crippen LogP contribution in [0.15, 0.2) is 6.20 Å². The Hall–Kier alpha value is -0.540. The number of hydrogen-bond donors (Lipinski definition) is 1. The van der Waals surface area contributed by atoms with Gasteiger partial charge in [0.1, 0.15) is 0 Å². The minimum atomic E-state index is 0.195. The van der Waals surface area contributed by atoms with Crippen molar-refractivity contribution in [2.75, 3.05) is 0 Å². The highest BCUT2D eigenvalue weighted by atomic mass is 35.5. The number of nitrogens with zero attached hydrogens (tertiary/aromatic N) is 2. The van der Waals surface area contributed by atoms with Crippen LogP contribution in [0.1, 0.15) is 31.9 Å². The summed E-state index contributed by atoms with van der Waals surface area (Å²) in [7, 11) is 1.90. The maximum atomic E-state index is 6.00. The van der Waals surface area contributed by atoms with Crippen molar-refractivity contribution in [3.05, 3.63) is 16.9 Å². The third-order valence-corrected chi connectivity index (χ3v) is 2.42. The minimum absolute atomic E-state index is 0.195. The Kier molecular flexibility index (Phi) is 3.33. The molecule has 74 valence electrons. The fraction of sp³-hybridized carbons (Fsp3) is 0.667. The maximum absolute atomic E-state index is 6.00. The van der Waals surface area contributed by atoms with Gasteiger partial charge in [-0.05, 0) is 13.3 Å². The molecule has 0 saturated carbocycles. The van der Waals surface area contributed by atoms with Gasteiger partial charge in [0.15, 0.2) is 0 Å². The molecule has 1 aromatic rings. The van der Waals surface area contributed by atoms with Crippen LogP contribution in [0, 0.1) is 0 Å². The topological polar surface area (TPSA) is 43.8 Å². The van der Waals surface area contributed by atoms with Gasteiger partial charge in [-0.3, -0.25) is 4.68 Å². The van der Waals surface area contributed by atoms with Crippen LogP contribution in [-0.2, 0) is 7.05 Å². The van der Waals surface area contributed by atoms with E-state index in [1.165, 1.54) is 0 Å². The second kappa shape index (κ2) is 4.11. The van der Waals surface area contributed by atoms with Crippen molar-refractivity contribution in [3.63, 3.8) is 0 Å². The largest absolute Gasteiger partial charge is 0.328 e. The van der Waals surface area contributed by atoms with E-state index < -0.39 is 0 Å². The molecule has 1 aromatic heterocycles. The second-order valence-corrected chi connectivity index (χ2v) is 4.02. The average Bonchev–Trinajstić information content (AvgIpc) is 2.29. The predicted molar refractivity (Wildman–Crippen MR) is 54.9 cm³/mol. The molecule has 4 heteroatoms. The van der Waals surface area contributed by atoms with Crippen molar-refractivity contribution in [2.45, 2.75) is 32.2 Å². The zero-order valence-electron chi connectivity index (χ0n) is 8.29. The number of rotatable bonds is 3. The Morgan fingerprint density at radius 2 is 2.23 bits per heavy atom. The van der Waals surface area contributed by atoms with Crippen LogP contribution in [0.3, 0.4) is 0 Å². The van der Waals surface area contributed by atoms with E-state index in [1.807, 2.05) is 18.7 Å². The predicted octanol–water partition coefficient (Wildman–Crippen LogP) is 1.91. The van der Waals surface area contributed by atoms with Crippen LogP contribution < -0.4 is 5.73 Å². The molecule has 1 heterocycles. The van der Waals surface area contributed by atoms with Crippen molar-refractivity contribution >= 4 is 11.6 Å². The lowest BCUT2D eigenvalue weighted by molar-refractivity contribution is 0.547. The van der Waals surface area contributed by atoms with Gasteiger partial charge in [0.2, 0.25) is 0 Å². The quantitative estimate of drug-likeness (QED) is 0.812. The molecule has 0 saturated heterocycles. The standard InChI is InChI=1S/C9H16ClN3/c1-6(4-7(2)11)9-8(10)5-12-13(9)3/h5-7H,4,11H2,1-3H3. The minimum Gasteiger partial charge on any atom is -0.328 e. The van der Waals surface area contributed by atoms with Gasteiger partial charge in [0, 0.05) is 19.0 Å². The first-order valence-corrected chi connectivity index (χ1v) is 4.83. The van der Waals surface area contributed by atoms with E-state index >= 15 is 0 Å². The van der Waals surface area contributed by atoms with Crippen LogP contribution >= 0.6 is 11.6 Å². The summed E-state index contributed by atoms with van der Waals surface area (Å²) in [5.74, 6) is 0.361. The molecule has 0 aliphatic heterocycles. The summed E-state index contributed by atoms with van der Waals surface area (Å²) in [6.45, 7) is 4.12. The van der Waals surface area contributed by atoms with E-state index in [2.05, 4.69) is 12.0 Å². The Morgan fingerprint density at radius 3 is 2.62 bits per heavy atom. The molecular weight excluding hydrogens is 186 g/mol. The molecule has 0 aliphatic carbocycles. The summed E-state index contributed by atoms with van der Waals surface area (Å²) in [5, 5.41) is 4.82. The first-order valence-electron chi connectivity index (χ1n) is 4.45.